The average molecular weight is 354 g/mol. The van der Waals surface area contributed by atoms with Crippen molar-refractivity contribution in [3.63, 3.8) is 0 Å². The lowest BCUT2D eigenvalue weighted by Crippen LogP contribution is -2.48. The summed E-state index contributed by atoms with van der Waals surface area (Å²) in [7, 11) is 0. The topological polar surface area (TPSA) is 62.5 Å². The third-order valence-corrected chi connectivity index (χ3v) is 6.12. The van der Waals surface area contributed by atoms with Crippen molar-refractivity contribution < 1.29 is 9.32 Å². The maximum absolute atomic E-state index is 12.6. The van der Waals surface area contributed by atoms with E-state index in [0.29, 0.717) is 16.7 Å². The van der Waals surface area contributed by atoms with Gasteiger partial charge in [0.2, 0.25) is 0 Å². The molecule has 4 heterocycles. The first kappa shape index (κ1) is 17.2. The van der Waals surface area contributed by atoms with Gasteiger partial charge in [0.25, 0.3) is 5.91 Å². The minimum absolute atomic E-state index is 0.0613. The number of pyridine rings is 1. The van der Waals surface area contributed by atoms with Gasteiger partial charge in [0.05, 0.1) is 11.9 Å². The minimum atomic E-state index is 0.0613. The molecule has 2 aromatic heterocycles. The molecule has 1 amide bonds. The van der Waals surface area contributed by atoms with Gasteiger partial charge in [-0.2, -0.15) is 0 Å². The van der Waals surface area contributed by atoms with Gasteiger partial charge in [-0.3, -0.25) is 14.7 Å². The Morgan fingerprint density at radius 1 is 1.15 bits per heavy atom. The summed E-state index contributed by atoms with van der Waals surface area (Å²) < 4.78 is 5.04. The fraction of sp³-hybridized carbons (Fsp3) is 0.550. The number of carbonyl (C=O) groups is 1. The molecule has 0 bridgehead atoms. The summed E-state index contributed by atoms with van der Waals surface area (Å²) in [6.45, 7) is 6.65. The first-order valence-electron chi connectivity index (χ1n) is 9.48. The molecular weight excluding hydrogens is 328 g/mol. The van der Waals surface area contributed by atoms with E-state index in [1.54, 1.807) is 6.92 Å². The lowest BCUT2D eigenvalue weighted by Gasteiger charge is -2.46. The summed E-state index contributed by atoms with van der Waals surface area (Å²) >= 11 is 0. The number of aryl methyl sites for hydroxylation is 1. The van der Waals surface area contributed by atoms with Gasteiger partial charge in [-0.05, 0) is 63.2 Å². The van der Waals surface area contributed by atoms with Crippen molar-refractivity contribution in [1.82, 2.24) is 19.9 Å². The Hall–Kier alpha value is -2.21. The molecule has 0 unspecified atom stereocenters. The van der Waals surface area contributed by atoms with E-state index in [1.165, 1.54) is 19.0 Å². The third kappa shape index (κ3) is 3.51. The highest BCUT2D eigenvalue weighted by Crippen LogP contribution is 2.41. The monoisotopic (exact) mass is 354 g/mol. The third-order valence-electron chi connectivity index (χ3n) is 6.12. The number of likely N-dealkylation sites (tertiary alicyclic amines) is 2. The van der Waals surface area contributed by atoms with Crippen molar-refractivity contribution >= 4 is 5.91 Å². The Balaban J connectivity index is 1.30. The van der Waals surface area contributed by atoms with Crippen molar-refractivity contribution in [3.05, 3.63) is 47.6 Å². The van der Waals surface area contributed by atoms with Gasteiger partial charge in [0, 0.05) is 25.8 Å². The predicted octanol–water partition coefficient (Wildman–Crippen LogP) is 2.90. The summed E-state index contributed by atoms with van der Waals surface area (Å²) in [4.78, 5) is 21.5. The van der Waals surface area contributed by atoms with E-state index in [2.05, 4.69) is 27.2 Å². The van der Waals surface area contributed by atoms with Crippen molar-refractivity contribution in [1.29, 1.82) is 0 Å². The highest BCUT2D eigenvalue weighted by Gasteiger charge is 2.39. The zero-order chi connectivity index (χ0) is 18.0. The number of rotatable bonds is 3. The Kier molecular flexibility index (Phi) is 4.76. The van der Waals surface area contributed by atoms with Crippen molar-refractivity contribution in [2.45, 2.75) is 39.2 Å². The Morgan fingerprint density at radius 3 is 2.50 bits per heavy atom. The maximum Gasteiger partial charge on any atom is 0.259 e. The van der Waals surface area contributed by atoms with Gasteiger partial charge < -0.3 is 9.42 Å². The van der Waals surface area contributed by atoms with Crippen LogP contribution in [0.4, 0.5) is 0 Å². The molecule has 26 heavy (non-hydrogen) atoms. The van der Waals surface area contributed by atoms with Crippen LogP contribution in [0, 0.1) is 12.3 Å². The lowest BCUT2D eigenvalue weighted by atomic mass is 9.71. The normalized spacial score (nSPS) is 20.4. The molecule has 2 saturated heterocycles. The van der Waals surface area contributed by atoms with Crippen LogP contribution in [0.5, 0.6) is 0 Å². The maximum atomic E-state index is 12.6. The lowest BCUT2D eigenvalue weighted by molar-refractivity contribution is 0.0282. The molecule has 0 radical (unpaired) electrons. The molecule has 2 aliphatic heterocycles. The van der Waals surface area contributed by atoms with Crippen molar-refractivity contribution in [2.24, 2.45) is 5.41 Å². The van der Waals surface area contributed by atoms with E-state index in [1.807, 2.05) is 17.2 Å². The van der Waals surface area contributed by atoms with Gasteiger partial charge in [-0.25, -0.2) is 0 Å². The molecule has 0 aromatic carbocycles. The summed E-state index contributed by atoms with van der Waals surface area (Å²) in [5.74, 6) is 0.671. The number of piperidine rings is 2. The van der Waals surface area contributed by atoms with Crippen molar-refractivity contribution in [2.75, 3.05) is 26.2 Å². The average Bonchev–Trinajstić information content (AvgIpc) is 3.11. The molecule has 0 N–H and O–H groups in total. The fourth-order valence-electron chi connectivity index (χ4n) is 4.26. The molecule has 0 saturated carbocycles. The second-order valence-corrected chi connectivity index (χ2v) is 7.69. The predicted molar refractivity (Wildman–Crippen MR) is 97.6 cm³/mol. The van der Waals surface area contributed by atoms with Gasteiger partial charge in [0.15, 0.2) is 0 Å². The van der Waals surface area contributed by atoms with E-state index in [4.69, 9.17) is 4.52 Å². The summed E-state index contributed by atoms with van der Waals surface area (Å²) in [5, 5.41) is 3.73. The van der Waals surface area contributed by atoms with Gasteiger partial charge >= 0.3 is 0 Å². The number of amides is 1. The van der Waals surface area contributed by atoms with Crippen LogP contribution in [-0.2, 0) is 6.54 Å². The quantitative estimate of drug-likeness (QED) is 0.848. The van der Waals surface area contributed by atoms with E-state index in [-0.39, 0.29) is 5.91 Å². The van der Waals surface area contributed by atoms with Crippen molar-refractivity contribution in [3.8, 4) is 0 Å². The number of hydrogen-bond donors (Lipinski definition) is 0. The Morgan fingerprint density at radius 2 is 1.88 bits per heavy atom. The van der Waals surface area contributed by atoms with E-state index in [0.717, 1.165) is 51.3 Å². The van der Waals surface area contributed by atoms with Crippen LogP contribution in [0.1, 0.15) is 47.5 Å². The van der Waals surface area contributed by atoms with Gasteiger partial charge in [-0.15, -0.1) is 0 Å². The van der Waals surface area contributed by atoms with Crippen LogP contribution in [0.25, 0.3) is 0 Å². The first-order chi connectivity index (χ1) is 12.7. The smallest absolute Gasteiger partial charge is 0.259 e. The summed E-state index contributed by atoms with van der Waals surface area (Å²) in [6.07, 6.45) is 8.03. The molecule has 6 heteroatoms. The zero-order valence-electron chi connectivity index (χ0n) is 15.4. The molecule has 2 fully saturated rings. The van der Waals surface area contributed by atoms with Crippen LogP contribution in [0.3, 0.4) is 0 Å². The van der Waals surface area contributed by atoms with Crippen LogP contribution >= 0.6 is 0 Å². The number of hydrogen-bond acceptors (Lipinski definition) is 5. The number of aromatic nitrogens is 2. The van der Waals surface area contributed by atoms with E-state index in [9.17, 15) is 4.79 Å². The first-order valence-corrected chi connectivity index (χ1v) is 9.48. The largest absolute Gasteiger partial charge is 0.361 e. The molecule has 2 aromatic rings. The summed E-state index contributed by atoms with van der Waals surface area (Å²) in [5.41, 5.74) is 2.15. The molecular formula is C20H26N4O2. The van der Waals surface area contributed by atoms with Gasteiger partial charge in [0.1, 0.15) is 11.3 Å². The van der Waals surface area contributed by atoms with Crippen LogP contribution < -0.4 is 0 Å². The van der Waals surface area contributed by atoms with Crippen LogP contribution in [-0.4, -0.2) is 52.0 Å². The van der Waals surface area contributed by atoms with Gasteiger partial charge in [-0.1, -0.05) is 11.2 Å². The molecule has 2 aliphatic rings. The molecule has 6 nitrogen and oxygen atoms in total. The van der Waals surface area contributed by atoms with Crippen LogP contribution in [0.15, 0.2) is 35.1 Å². The second-order valence-electron chi connectivity index (χ2n) is 7.69. The zero-order valence-corrected chi connectivity index (χ0v) is 15.4. The minimum Gasteiger partial charge on any atom is -0.361 e. The molecule has 4 rings (SSSR count). The highest BCUT2D eigenvalue weighted by atomic mass is 16.5. The van der Waals surface area contributed by atoms with Crippen LogP contribution in [0.2, 0.25) is 0 Å². The standard InChI is InChI=1S/C20H26N4O2/c1-16-18(14-22-26-16)19(25)24-12-7-20(8-13-24)5-10-23(11-6-20)15-17-4-2-3-9-21-17/h2-4,9,14H,5-8,10-13,15H2,1H3. The Bertz CT molecular complexity index is 740. The molecule has 138 valence electrons. The fourth-order valence-corrected chi connectivity index (χ4v) is 4.26. The number of carbonyl (C=O) groups excluding carboxylic acids is 1. The molecule has 0 aliphatic carbocycles. The molecule has 0 atom stereocenters. The second kappa shape index (κ2) is 7.19. The van der Waals surface area contributed by atoms with E-state index >= 15 is 0 Å². The SMILES string of the molecule is Cc1oncc1C(=O)N1CCC2(CCN(Cc3ccccn3)CC2)CC1. The summed E-state index contributed by atoms with van der Waals surface area (Å²) in [6, 6.07) is 6.11. The highest BCUT2D eigenvalue weighted by molar-refractivity contribution is 5.94. The Labute approximate surface area is 154 Å². The molecule has 1 spiro atoms. The number of nitrogens with zero attached hydrogens (tertiary/aromatic N) is 4. The van der Waals surface area contributed by atoms with E-state index < -0.39 is 0 Å².